The van der Waals surface area contributed by atoms with Crippen LogP contribution < -0.4 is 10.2 Å². The molecule has 1 fully saturated rings. The maximum atomic E-state index is 14.1. The van der Waals surface area contributed by atoms with Crippen molar-refractivity contribution in [1.82, 2.24) is 0 Å². The normalized spacial score (nSPS) is 20.7. The van der Waals surface area contributed by atoms with Gasteiger partial charge in [-0.2, -0.15) is 0 Å². The number of nitrogens with zero attached hydrogens (tertiary/aromatic N) is 1. The van der Waals surface area contributed by atoms with Crippen LogP contribution >= 0.6 is 0 Å². The number of hydrogen-bond acceptors (Lipinski definition) is 2. The van der Waals surface area contributed by atoms with Gasteiger partial charge in [0, 0.05) is 6.04 Å². The second-order valence-corrected chi connectivity index (χ2v) is 5.44. The second kappa shape index (κ2) is 3.70. The third-order valence-electron chi connectivity index (χ3n) is 4.06. The van der Waals surface area contributed by atoms with Gasteiger partial charge in [0.15, 0.2) is 0 Å². The molecule has 3 nitrogen and oxygen atoms in total. The summed E-state index contributed by atoms with van der Waals surface area (Å²) >= 11 is 0. The number of amides is 1. The van der Waals surface area contributed by atoms with E-state index in [1.807, 2.05) is 18.7 Å². The number of para-hydroxylation sites is 1. The third kappa shape index (κ3) is 1.32. The quantitative estimate of drug-likeness (QED) is 0.828. The van der Waals surface area contributed by atoms with Crippen molar-refractivity contribution < 1.29 is 9.18 Å². The molecule has 1 N–H and O–H groups in total. The minimum atomic E-state index is -0.524. The highest BCUT2D eigenvalue weighted by molar-refractivity contribution is 6.07. The first-order valence-electron chi connectivity index (χ1n) is 6.45. The van der Waals surface area contributed by atoms with Gasteiger partial charge < -0.3 is 10.2 Å². The van der Waals surface area contributed by atoms with Crippen LogP contribution in [0.2, 0.25) is 0 Å². The lowest BCUT2D eigenvalue weighted by Gasteiger charge is -2.54. The molecule has 1 aromatic rings. The molecule has 1 aromatic carbocycles. The Bertz CT molecular complexity index is 509. The highest BCUT2D eigenvalue weighted by Crippen LogP contribution is 2.48. The zero-order valence-corrected chi connectivity index (χ0v) is 10.7. The number of nitrogens with one attached hydrogen (secondary N) is 1. The number of anilines is 2. The molecule has 1 aliphatic carbocycles. The Morgan fingerprint density at radius 2 is 2.11 bits per heavy atom. The largest absolute Gasteiger partial charge is 0.350 e. The van der Waals surface area contributed by atoms with E-state index in [4.69, 9.17) is 0 Å². The zero-order valence-electron chi connectivity index (χ0n) is 10.7. The van der Waals surface area contributed by atoms with E-state index in [0.29, 0.717) is 11.4 Å². The predicted octanol–water partition coefficient (Wildman–Crippen LogP) is 2.92. The summed E-state index contributed by atoms with van der Waals surface area (Å²) in [5, 5.41) is 2.86. The molecule has 96 valence electrons. The lowest BCUT2D eigenvalue weighted by Crippen LogP contribution is -2.66. The maximum Gasteiger partial charge on any atom is 0.250 e. The van der Waals surface area contributed by atoms with Crippen LogP contribution in [-0.2, 0) is 4.79 Å². The number of carbonyl (C=O) groups is 1. The molecule has 0 aromatic heterocycles. The fourth-order valence-corrected chi connectivity index (χ4v) is 3.16. The Morgan fingerprint density at radius 1 is 1.39 bits per heavy atom. The molecule has 1 amide bonds. The maximum absolute atomic E-state index is 14.1. The van der Waals surface area contributed by atoms with Gasteiger partial charge in [-0.05, 0) is 45.2 Å². The van der Waals surface area contributed by atoms with E-state index in [2.05, 4.69) is 5.32 Å². The Hall–Kier alpha value is -1.58. The summed E-state index contributed by atoms with van der Waals surface area (Å²) < 4.78 is 14.1. The first kappa shape index (κ1) is 11.5. The smallest absolute Gasteiger partial charge is 0.250 e. The van der Waals surface area contributed by atoms with Gasteiger partial charge in [-0.25, -0.2) is 4.39 Å². The van der Waals surface area contributed by atoms with Gasteiger partial charge in [0.1, 0.15) is 11.4 Å². The lowest BCUT2D eigenvalue weighted by molar-refractivity contribution is -0.124. The predicted molar refractivity (Wildman–Crippen MR) is 69.2 cm³/mol. The molecule has 0 atom stereocenters. The Morgan fingerprint density at radius 3 is 2.67 bits per heavy atom. The van der Waals surface area contributed by atoms with Crippen LogP contribution in [0.5, 0.6) is 0 Å². The molecule has 0 bridgehead atoms. The van der Waals surface area contributed by atoms with Crippen LogP contribution in [0.4, 0.5) is 15.8 Å². The summed E-state index contributed by atoms with van der Waals surface area (Å²) in [6, 6.07) is 4.95. The molecular formula is C14H17FN2O. The Labute approximate surface area is 106 Å². The number of benzene rings is 1. The highest BCUT2D eigenvalue weighted by Gasteiger charge is 2.53. The van der Waals surface area contributed by atoms with Crippen LogP contribution in [0.3, 0.4) is 0 Å². The number of fused-ring (bicyclic) bond motifs is 1. The molecule has 4 heteroatoms. The Kier molecular flexibility index (Phi) is 2.37. The molecule has 1 heterocycles. The van der Waals surface area contributed by atoms with Crippen LogP contribution in [0.1, 0.15) is 33.1 Å². The standard InChI is InChI=1S/C14H17FN2O/c1-9(2)17-12-10(15)5-3-6-11(12)16-13(18)14(17)7-4-8-14/h3,5-6,9H,4,7-8H2,1-2H3,(H,16,18). The number of rotatable bonds is 1. The average Bonchev–Trinajstić information content (AvgIpc) is 2.24. The van der Waals surface area contributed by atoms with Crippen molar-refractivity contribution >= 4 is 17.3 Å². The van der Waals surface area contributed by atoms with Crippen molar-refractivity contribution in [1.29, 1.82) is 0 Å². The molecule has 0 radical (unpaired) electrons. The van der Waals surface area contributed by atoms with Crippen LogP contribution in [0, 0.1) is 5.82 Å². The van der Waals surface area contributed by atoms with E-state index < -0.39 is 5.54 Å². The van der Waals surface area contributed by atoms with Crippen molar-refractivity contribution in [2.75, 3.05) is 10.2 Å². The fraction of sp³-hybridized carbons (Fsp3) is 0.500. The van der Waals surface area contributed by atoms with Crippen molar-refractivity contribution in [3.63, 3.8) is 0 Å². The van der Waals surface area contributed by atoms with E-state index in [9.17, 15) is 9.18 Å². The number of halogens is 1. The highest BCUT2D eigenvalue weighted by atomic mass is 19.1. The van der Waals surface area contributed by atoms with E-state index in [0.717, 1.165) is 19.3 Å². The van der Waals surface area contributed by atoms with Gasteiger partial charge >= 0.3 is 0 Å². The summed E-state index contributed by atoms with van der Waals surface area (Å²) in [5.74, 6) is -0.243. The summed E-state index contributed by atoms with van der Waals surface area (Å²) in [6.07, 6.45) is 2.65. The number of hydrogen-bond donors (Lipinski definition) is 1. The Balaban J connectivity index is 2.19. The van der Waals surface area contributed by atoms with Gasteiger partial charge in [-0.3, -0.25) is 4.79 Å². The SMILES string of the molecule is CC(C)N1c2c(F)cccc2NC(=O)C12CCC2. The van der Waals surface area contributed by atoms with Crippen LogP contribution in [0.25, 0.3) is 0 Å². The molecule has 1 spiro atoms. The van der Waals surface area contributed by atoms with E-state index in [1.165, 1.54) is 6.07 Å². The minimum Gasteiger partial charge on any atom is -0.350 e. The van der Waals surface area contributed by atoms with Gasteiger partial charge in [0.05, 0.1) is 11.4 Å². The molecule has 1 aliphatic heterocycles. The summed E-state index contributed by atoms with van der Waals surface area (Å²) in [7, 11) is 0. The van der Waals surface area contributed by atoms with E-state index >= 15 is 0 Å². The molecule has 0 saturated heterocycles. The lowest BCUT2D eigenvalue weighted by atomic mass is 9.72. The van der Waals surface area contributed by atoms with Crippen molar-refractivity contribution in [2.45, 2.75) is 44.7 Å². The zero-order chi connectivity index (χ0) is 12.9. The average molecular weight is 248 g/mol. The first-order valence-corrected chi connectivity index (χ1v) is 6.45. The van der Waals surface area contributed by atoms with Crippen LogP contribution in [-0.4, -0.2) is 17.5 Å². The van der Waals surface area contributed by atoms with Gasteiger partial charge in [-0.15, -0.1) is 0 Å². The van der Waals surface area contributed by atoms with E-state index in [-0.39, 0.29) is 17.8 Å². The molecule has 2 aliphatic rings. The van der Waals surface area contributed by atoms with Gasteiger partial charge in [0.25, 0.3) is 0 Å². The summed E-state index contributed by atoms with van der Waals surface area (Å²) in [5.41, 5.74) is 0.613. The summed E-state index contributed by atoms with van der Waals surface area (Å²) in [4.78, 5) is 14.3. The molecule has 3 rings (SSSR count). The minimum absolute atomic E-state index is 0.0144. The van der Waals surface area contributed by atoms with E-state index in [1.54, 1.807) is 12.1 Å². The second-order valence-electron chi connectivity index (χ2n) is 5.44. The monoisotopic (exact) mass is 248 g/mol. The molecular weight excluding hydrogens is 231 g/mol. The van der Waals surface area contributed by atoms with Gasteiger partial charge in [-0.1, -0.05) is 6.07 Å². The van der Waals surface area contributed by atoms with Crippen molar-refractivity contribution in [3.8, 4) is 0 Å². The van der Waals surface area contributed by atoms with Crippen LogP contribution in [0.15, 0.2) is 18.2 Å². The molecule has 1 saturated carbocycles. The number of carbonyl (C=O) groups excluding carboxylic acids is 1. The van der Waals surface area contributed by atoms with Crippen molar-refractivity contribution in [3.05, 3.63) is 24.0 Å². The fourth-order valence-electron chi connectivity index (χ4n) is 3.16. The van der Waals surface area contributed by atoms with Gasteiger partial charge in [0.2, 0.25) is 5.91 Å². The molecule has 0 unspecified atom stereocenters. The van der Waals surface area contributed by atoms with Crippen molar-refractivity contribution in [2.24, 2.45) is 0 Å². The molecule has 18 heavy (non-hydrogen) atoms. The summed E-state index contributed by atoms with van der Waals surface area (Å²) in [6.45, 7) is 4.02. The topological polar surface area (TPSA) is 32.3 Å². The third-order valence-corrected chi connectivity index (χ3v) is 4.06. The first-order chi connectivity index (χ1) is 8.56.